The summed E-state index contributed by atoms with van der Waals surface area (Å²) in [5.74, 6) is -0.291. The molecule has 28 heavy (non-hydrogen) atoms. The summed E-state index contributed by atoms with van der Waals surface area (Å²) in [7, 11) is -0.410. The van der Waals surface area contributed by atoms with Crippen LogP contribution in [0.1, 0.15) is 54.0 Å². The van der Waals surface area contributed by atoms with Crippen LogP contribution in [-0.4, -0.2) is 42.5 Å². The number of ether oxygens (including phenoxy) is 1. The van der Waals surface area contributed by atoms with Gasteiger partial charge >= 0.3 is 13.2 Å². The number of amides is 2. The van der Waals surface area contributed by atoms with Gasteiger partial charge in [-0.25, -0.2) is 4.79 Å². The van der Waals surface area contributed by atoms with Gasteiger partial charge in [-0.1, -0.05) is 24.3 Å². The molecule has 1 heterocycles. The molecule has 1 saturated heterocycles. The van der Waals surface area contributed by atoms with Gasteiger partial charge in [-0.15, -0.1) is 0 Å². The monoisotopic (exact) mass is 390 g/mol. The second-order valence-corrected chi connectivity index (χ2v) is 8.96. The lowest BCUT2D eigenvalue weighted by molar-refractivity contribution is -0.120. The number of nitrogens with one attached hydrogen (secondary N) is 2. The van der Waals surface area contributed by atoms with Gasteiger partial charge in [-0.3, -0.25) is 4.79 Å². The molecule has 2 rings (SSSR count). The van der Waals surface area contributed by atoms with E-state index in [0.717, 1.165) is 11.0 Å². The predicted molar refractivity (Wildman–Crippen MR) is 108 cm³/mol. The number of hydrogen-bond acceptors (Lipinski definition) is 5. The Kier molecular flexibility index (Phi) is 6.46. The van der Waals surface area contributed by atoms with Crippen LogP contribution in [-0.2, 0) is 25.4 Å². The Hall–Kier alpha value is -2.06. The van der Waals surface area contributed by atoms with Crippen molar-refractivity contribution >= 4 is 24.6 Å². The van der Waals surface area contributed by atoms with Crippen molar-refractivity contribution in [1.82, 2.24) is 10.6 Å². The van der Waals surface area contributed by atoms with E-state index in [1.54, 1.807) is 20.8 Å². The molecule has 1 aromatic rings. The molecule has 7 nitrogen and oxygen atoms in total. The molecule has 0 atom stereocenters. The SMILES string of the molecule is CC(C)(C)OC(=O)NCC(=O)NCc1ccc(B2OC(C)(C)C(C)(C)O2)cc1. The average Bonchev–Trinajstić information content (AvgIpc) is 2.78. The molecule has 0 unspecified atom stereocenters. The van der Waals surface area contributed by atoms with E-state index in [1.165, 1.54) is 0 Å². The maximum atomic E-state index is 11.9. The molecule has 0 radical (unpaired) electrons. The molecule has 0 saturated carbocycles. The van der Waals surface area contributed by atoms with Gasteiger partial charge in [-0.2, -0.15) is 0 Å². The number of benzene rings is 1. The zero-order valence-electron chi connectivity index (χ0n) is 17.8. The fraction of sp³-hybridized carbons (Fsp3) is 0.600. The molecular weight excluding hydrogens is 359 g/mol. The van der Waals surface area contributed by atoms with Crippen LogP contribution in [0.4, 0.5) is 4.79 Å². The van der Waals surface area contributed by atoms with E-state index >= 15 is 0 Å². The standard InChI is InChI=1S/C20H31BN2O5/c1-18(2,3)26-17(25)23-13-16(24)22-12-14-8-10-15(11-9-14)21-27-19(4,5)20(6,7)28-21/h8-11H,12-13H2,1-7H3,(H,22,24)(H,23,25). The summed E-state index contributed by atoms with van der Waals surface area (Å²) < 4.78 is 17.2. The summed E-state index contributed by atoms with van der Waals surface area (Å²) in [4.78, 5) is 23.4. The minimum atomic E-state index is -0.616. The Labute approximate surface area is 167 Å². The van der Waals surface area contributed by atoms with E-state index in [2.05, 4.69) is 10.6 Å². The van der Waals surface area contributed by atoms with Crippen molar-refractivity contribution in [2.75, 3.05) is 6.54 Å². The first-order chi connectivity index (χ1) is 12.8. The van der Waals surface area contributed by atoms with Crippen molar-refractivity contribution in [3.05, 3.63) is 29.8 Å². The van der Waals surface area contributed by atoms with Gasteiger partial charge in [0.05, 0.1) is 11.2 Å². The van der Waals surface area contributed by atoms with E-state index in [4.69, 9.17) is 14.0 Å². The van der Waals surface area contributed by atoms with E-state index in [1.807, 2.05) is 52.0 Å². The number of hydrogen-bond donors (Lipinski definition) is 2. The summed E-state index contributed by atoms with van der Waals surface area (Å²) >= 11 is 0. The quantitative estimate of drug-likeness (QED) is 0.753. The van der Waals surface area contributed by atoms with Gasteiger partial charge in [0.15, 0.2) is 0 Å². The zero-order valence-corrected chi connectivity index (χ0v) is 17.8. The van der Waals surface area contributed by atoms with Crippen LogP contribution in [0.3, 0.4) is 0 Å². The molecule has 1 aliphatic heterocycles. The first kappa shape index (κ1) is 22.2. The van der Waals surface area contributed by atoms with Crippen molar-refractivity contribution in [3.63, 3.8) is 0 Å². The number of carbonyl (C=O) groups excluding carboxylic acids is 2. The van der Waals surface area contributed by atoms with Crippen LogP contribution < -0.4 is 16.1 Å². The van der Waals surface area contributed by atoms with E-state index < -0.39 is 18.8 Å². The minimum absolute atomic E-state index is 0.138. The Bertz CT molecular complexity index is 694. The first-order valence-corrected chi connectivity index (χ1v) is 9.47. The lowest BCUT2D eigenvalue weighted by Gasteiger charge is -2.32. The number of alkyl carbamates (subject to hydrolysis) is 1. The predicted octanol–water partition coefficient (Wildman–Crippen LogP) is 2.13. The number of rotatable bonds is 5. The highest BCUT2D eigenvalue weighted by atomic mass is 16.7. The molecule has 8 heteroatoms. The van der Waals surface area contributed by atoms with Crippen molar-refractivity contribution < 1.29 is 23.6 Å². The Morgan fingerprint density at radius 1 is 1.00 bits per heavy atom. The topological polar surface area (TPSA) is 85.9 Å². The summed E-state index contributed by atoms with van der Waals surface area (Å²) in [5.41, 5.74) is 0.502. The lowest BCUT2D eigenvalue weighted by atomic mass is 9.79. The molecule has 1 aromatic carbocycles. The van der Waals surface area contributed by atoms with E-state index in [9.17, 15) is 9.59 Å². The first-order valence-electron chi connectivity index (χ1n) is 9.47. The summed E-state index contributed by atoms with van der Waals surface area (Å²) in [6.45, 7) is 13.6. The molecule has 1 aliphatic rings. The molecule has 154 valence electrons. The summed E-state index contributed by atoms with van der Waals surface area (Å²) in [6.07, 6.45) is -0.616. The maximum Gasteiger partial charge on any atom is 0.494 e. The highest BCUT2D eigenvalue weighted by Gasteiger charge is 2.51. The Balaban J connectivity index is 1.80. The third-order valence-corrected chi connectivity index (χ3v) is 4.79. The molecule has 2 N–H and O–H groups in total. The zero-order chi connectivity index (χ0) is 21.2. The Morgan fingerprint density at radius 3 is 2.04 bits per heavy atom. The summed E-state index contributed by atoms with van der Waals surface area (Å²) in [5, 5.41) is 5.19. The largest absolute Gasteiger partial charge is 0.494 e. The second-order valence-electron chi connectivity index (χ2n) is 8.96. The normalized spacial score (nSPS) is 17.9. The maximum absolute atomic E-state index is 11.9. The van der Waals surface area contributed by atoms with Gasteiger partial charge < -0.3 is 24.7 Å². The third kappa shape index (κ3) is 5.97. The fourth-order valence-corrected chi connectivity index (χ4v) is 2.50. The van der Waals surface area contributed by atoms with Crippen molar-refractivity contribution in [2.24, 2.45) is 0 Å². The van der Waals surface area contributed by atoms with Crippen LogP contribution >= 0.6 is 0 Å². The van der Waals surface area contributed by atoms with Gasteiger partial charge in [0.25, 0.3) is 0 Å². The van der Waals surface area contributed by atoms with E-state index in [-0.39, 0.29) is 23.7 Å². The van der Waals surface area contributed by atoms with Gasteiger partial charge in [0, 0.05) is 6.54 Å². The average molecular weight is 390 g/mol. The van der Waals surface area contributed by atoms with Gasteiger partial charge in [0.1, 0.15) is 12.1 Å². The van der Waals surface area contributed by atoms with Gasteiger partial charge in [-0.05, 0) is 59.5 Å². The molecule has 2 amide bonds. The lowest BCUT2D eigenvalue weighted by Crippen LogP contribution is -2.41. The van der Waals surface area contributed by atoms with Crippen LogP contribution in [0, 0.1) is 0 Å². The van der Waals surface area contributed by atoms with Crippen LogP contribution in [0.5, 0.6) is 0 Å². The molecule has 0 aliphatic carbocycles. The highest BCUT2D eigenvalue weighted by Crippen LogP contribution is 2.36. The van der Waals surface area contributed by atoms with Gasteiger partial charge in [0.2, 0.25) is 5.91 Å². The van der Waals surface area contributed by atoms with Crippen molar-refractivity contribution in [3.8, 4) is 0 Å². The number of carbonyl (C=O) groups is 2. The smallest absolute Gasteiger partial charge is 0.444 e. The van der Waals surface area contributed by atoms with Crippen molar-refractivity contribution in [2.45, 2.75) is 71.8 Å². The van der Waals surface area contributed by atoms with Crippen molar-refractivity contribution in [1.29, 1.82) is 0 Å². The highest BCUT2D eigenvalue weighted by molar-refractivity contribution is 6.62. The molecule has 0 aromatic heterocycles. The summed E-state index contributed by atoms with van der Waals surface area (Å²) in [6, 6.07) is 7.70. The van der Waals surface area contributed by atoms with Crippen LogP contribution in [0.2, 0.25) is 0 Å². The molecule has 0 bridgehead atoms. The van der Waals surface area contributed by atoms with Crippen LogP contribution in [0.15, 0.2) is 24.3 Å². The molecular formula is C20H31BN2O5. The second kappa shape index (κ2) is 8.13. The van der Waals surface area contributed by atoms with E-state index in [0.29, 0.717) is 6.54 Å². The fourth-order valence-electron chi connectivity index (χ4n) is 2.50. The molecule has 0 spiro atoms. The molecule has 1 fully saturated rings. The third-order valence-electron chi connectivity index (χ3n) is 4.79. The Morgan fingerprint density at radius 2 is 1.54 bits per heavy atom. The van der Waals surface area contributed by atoms with Crippen LogP contribution in [0.25, 0.3) is 0 Å². The minimum Gasteiger partial charge on any atom is -0.444 e.